The highest BCUT2D eigenvalue weighted by molar-refractivity contribution is 7.90. The minimum atomic E-state index is -4.07. The van der Waals surface area contributed by atoms with Crippen molar-refractivity contribution in [2.24, 2.45) is 0 Å². The van der Waals surface area contributed by atoms with E-state index in [0.29, 0.717) is 0 Å². The number of amides is 1. The van der Waals surface area contributed by atoms with E-state index in [1.165, 1.54) is 18.2 Å². The number of carbonyl (C=O) groups is 1. The molecule has 0 saturated heterocycles. The van der Waals surface area contributed by atoms with Crippen molar-refractivity contribution >= 4 is 33.2 Å². The maximum absolute atomic E-state index is 12.1. The second kappa shape index (κ2) is 6.35. The van der Waals surface area contributed by atoms with E-state index in [1.807, 2.05) is 4.72 Å². The largest absolute Gasteiger partial charge is 0.288 e. The molecular weight excluding hydrogens is 344 g/mol. The van der Waals surface area contributed by atoms with Gasteiger partial charge in [0.25, 0.3) is 21.6 Å². The molecule has 23 heavy (non-hydrogen) atoms. The van der Waals surface area contributed by atoms with E-state index >= 15 is 0 Å². The lowest BCUT2D eigenvalue weighted by atomic mass is 10.2. The second-order valence-corrected chi connectivity index (χ2v) is 6.76. The third kappa shape index (κ3) is 3.85. The molecule has 0 aliphatic carbocycles. The molecule has 0 aliphatic rings. The van der Waals surface area contributed by atoms with Crippen molar-refractivity contribution < 1.29 is 18.1 Å². The fraction of sp³-hybridized carbons (Fsp3) is 0.0714. The van der Waals surface area contributed by atoms with Gasteiger partial charge in [0, 0.05) is 11.6 Å². The molecule has 0 saturated carbocycles. The lowest BCUT2D eigenvalue weighted by Crippen LogP contribution is -2.30. The fourth-order valence-corrected chi connectivity index (χ4v) is 2.91. The van der Waals surface area contributed by atoms with Gasteiger partial charge in [-0.1, -0.05) is 29.3 Å². The number of benzene rings is 2. The molecule has 0 aliphatic heterocycles. The molecule has 0 heterocycles. The number of nitrogens with zero attached hydrogens (tertiary/aromatic N) is 1. The van der Waals surface area contributed by atoms with Crippen LogP contribution in [0.4, 0.5) is 5.69 Å². The highest BCUT2D eigenvalue weighted by Gasteiger charge is 2.21. The Morgan fingerprint density at radius 2 is 1.78 bits per heavy atom. The molecule has 2 rings (SSSR count). The van der Waals surface area contributed by atoms with E-state index in [2.05, 4.69) is 0 Å². The number of nitrogens with one attached hydrogen (secondary N) is 1. The number of hydrogen-bond acceptors (Lipinski definition) is 5. The number of aryl methyl sites for hydroxylation is 1. The standard InChI is InChI=1S/C14H11ClN2O5S/c1-9-2-5-11(6-3-9)23(21,22)16-14(18)10-4-7-12(15)13(8-10)17(19)20/h2-8H,1H3,(H,16,18). The van der Waals surface area contributed by atoms with Crippen LogP contribution in [0.3, 0.4) is 0 Å². The summed E-state index contributed by atoms with van der Waals surface area (Å²) in [5.74, 6) is -0.981. The van der Waals surface area contributed by atoms with Gasteiger partial charge < -0.3 is 0 Å². The van der Waals surface area contributed by atoms with Crippen LogP contribution >= 0.6 is 11.6 Å². The monoisotopic (exact) mass is 354 g/mol. The summed E-state index contributed by atoms with van der Waals surface area (Å²) in [6.07, 6.45) is 0. The molecule has 1 amide bonds. The number of carbonyl (C=O) groups excluding carboxylic acids is 1. The highest BCUT2D eigenvalue weighted by Crippen LogP contribution is 2.25. The van der Waals surface area contributed by atoms with Crippen LogP contribution < -0.4 is 4.72 Å². The van der Waals surface area contributed by atoms with Crippen molar-refractivity contribution in [3.05, 3.63) is 68.7 Å². The van der Waals surface area contributed by atoms with Gasteiger partial charge in [-0.2, -0.15) is 0 Å². The number of halogens is 1. The normalized spacial score (nSPS) is 11.0. The molecule has 0 bridgehead atoms. The quantitative estimate of drug-likeness (QED) is 0.671. The van der Waals surface area contributed by atoms with Gasteiger partial charge in [0.1, 0.15) is 5.02 Å². The van der Waals surface area contributed by atoms with Crippen LogP contribution in [0.1, 0.15) is 15.9 Å². The van der Waals surface area contributed by atoms with Crippen LogP contribution in [0.2, 0.25) is 5.02 Å². The van der Waals surface area contributed by atoms with Gasteiger partial charge in [0.05, 0.1) is 9.82 Å². The molecule has 0 radical (unpaired) electrons. The first-order chi connectivity index (χ1) is 10.7. The lowest BCUT2D eigenvalue weighted by molar-refractivity contribution is -0.384. The number of nitro groups is 1. The van der Waals surface area contributed by atoms with Crippen LogP contribution in [0.15, 0.2) is 47.4 Å². The van der Waals surface area contributed by atoms with E-state index in [9.17, 15) is 23.3 Å². The maximum Gasteiger partial charge on any atom is 0.288 e. The molecule has 1 N–H and O–H groups in total. The minimum Gasteiger partial charge on any atom is -0.268 e. The van der Waals surface area contributed by atoms with Crippen LogP contribution in [0.5, 0.6) is 0 Å². The molecule has 2 aromatic carbocycles. The second-order valence-electron chi connectivity index (χ2n) is 4.67. The summed E-state index contributed by atoms with van der Waals surface area (Å²) in [4.78, 5) is 22.0. The summed E-state index contributed by atoms with van der Waals surface area (Å²) in [5.41, 5.74) is 0.201. The Labute approximate surface area is 137 Å². The van der Waals surface area contributed by atoms with Crippen LogP contribution in [0.25, 0.3) is 0 Å². The zero-order valence-electron chi connectivity index (χ0n) is 11.8. The van der Waals surface area contributed by atoms with Gasteiger partial charge >= 0.3 is 0 Å². The average Bonchev–Trinajstić information content (AvgIpc) is 2.47. The molecule has 120 valence electrons. The summed E-state index contributed by atoms with van der Waals surface area (Å²) >= 11 is 5.65. The van der Waals surface area contributed by atoms with Crippen molar-refractivity contribution in [1.82, 2.24) is 4.72 Å². The van der Waals surface area contributed by atoms with Crippen LogP contribution in [-0.2, 0) is 10.0 Å². The fourth-order valence-electron chi connectivity index (χ4n) is 1.75. The van der Waals surface area contributed by atoms with Crippen molar-refractivity contribution in [2.45, 2.75) is 11.8 Å². The van der Waals surface area contributed by atoms with Crippen molar-refractivity contribution in [2.75, 3.05) is 0 Å². The van der Waals surface area contributed by atoms with Gasteiger partial charge in [-0.25, -0.2) is 13.1 Å². The van der Waals surface area contributed by atoms with Crippen molar-refractivity contribution in [3.63, 3.8) is 0 Å². The van der Waals surface area contributed by atoms with Crippen LogP contribution in [-0.4, -0.2) is 19.2 Å². The molecule has 0 atom stereocenters. The van der Waals surface area contributed by atoms with Crippen molar-refractivity contribution in [1.29, 1.82) is 0 Å². The van der Waals surface area contributed by atoms with Gasteiger partial charge in [0.15, 0.2) is 0 Å². The van der Waals surface area contributed by atoms with Gasteiger partial charge in [0.2, 0.25) is 0 Å². The molecule has 9 heteroatoms. The molecule has 0 fully saturated rings. The van der Waals surface area contributed by atoms with E-state index in [-0.39, 0.29) is 15.5 Å². The molecule has 0 aromatic heterocycles. The Morgan fingerprint density at radius 1 is 1.17 bits per heavy atom. The molecular formula is C14H11ClN2O5S. The first-order valence-corrected chi connectivity index (χ1v) is 8.14. The van der Waals surface area contributed by atoms with Gasteiger partial charge in [-0.15, -0.1) is 0 Å². The molecule has 0 unspecified atom stereocenters. The Bertz CT molecular complexity index is 879. The maximum atomic E-state index is 12.1. The molecule has 0 spiro atoms. The summed E-state index contributed by atoms with van der Waals surface area (Å²) < 4.78 is 26.1. The zero-order valence-corrected chi connectivity index (χ0v) is 13.4. The summed E-state index contributed by atoms with van der Waals surface area (Å²) in [6, 6.07) is 9.17. The predicted octanol–water partition coefficient (Wildman–Crippen LogP) is 2.68. The minimum absolute atomic E-state index is 0.0834. The third-order valence-electron chi connectivity index (χ3n) is 2.96. The number of rotatable bonds is 4. The third-order valence-corrected chi connectivity index (χ3v) is 4.63. The first-order valence-electron chi connectivity index (χ1n) is 6.28. The first kappa shape index (κ1) is 16.9. The van der Waals surface area contributed by atoms with E-state index in [1.54, 1.807) is 19.1 Å². The molecule has 7 nitrogen and oxygen atoms in total. The smallest absolute Gasteiger partial charge is 0.268 e. The number of hydrogen-bond donors (Lipinski definition) is 1. The van der Waals surface area contributed by atoms with Gasteiger partial charge in [-0.05, 0) is 31.2 Å². The Hall–Kier alpha value is -2.45. The summed E-state index contributed by atoms with van der Waals surface area (Å²) in [6.45, 7) is 1.79. The molecule has 2 aromatic rings. The predicted molar refractivity (Wildman–Crippen MR) is 83.9 cm³/mol. The Balaban J connectivity index is 2.30. The Morgan fingerprint density at radius 3 is 2.35 bits per heavy atom. The zero-order chi connectivity index (χ0) is 17.2. The van der Waals surface area contributed by atoms with E-state index in [0.717, 1.165) is 17.7 Å². The number of nitro benzene ring substituents is 1. The van der Waals surface area contributed by atoms with E-state index < -0.39 is 26.5 Å². The van der Waals surface area contributed by atoms with Crippen LogP contribution in [0, 0.1) is 17.0 Å². The lowest BCUT2D eigenvalue weighted by Gasteiger charge is -2.07. The number of sulfonamides is 1. The topological polar surface area (TPSA) is 106 Å². The van der Waals surface area contributed by atoms with Crippen molar-refractivity contribution in [3.8, 4) is 0 Å². The SMILES string of the molecule is Cc1ccc(S(=O)(=O)NC(=O)c2ccc(Cl)c([N+](=O)[O-])c2)cc1. The summed E-state index contributed by atoms with van der Waals surface area (Å²) in [7, 11) is -4.07. The van der Waals surface area contributed by atoms with Gasteiger partial charge in [-0.3, -0.25) is 14.9 Å². The van der Waals surface area contributed by atoms with E-state index in [4.69, 9.17) is 11.6 Å². The average molecular weight is 355 g/mol. The Kier molecular flexibility index (Phi) is 4.67. The summed E-state index contributed by atoms with van der Waals surface area (Å²) in [5, 5.41) is 10.7. The highest BCUT2D eigenvalue weighted by atomic mass is 35.5.